The number of esters is 1. The Morgan fingerprint density at radius 2 is 1.62 bits per heavy atom. The molecule has 21 heavy (non-hydrogen) atoms. The van der Waals surface area contributed by atoms with E-state index in [0.29, 0.717) is 25.2 Å². The lowest BCUT2D eigenvalue weighted by Crippen LogP contribution is -2.08. The summed E-state index contributed by atoms with van der Waals surface area (Å²) in [5.74, 6) is 1.18. The van der Waals surface area contributed by atoms with Crippen LogP contribution in [0.25, 0.3) is 0 Å². The van der Waals surface area contributed by atoms with Crippen LogP contribution in [0.4, 0.5) is 0 Å². The van der Waals surface area contributed by atoms with Crippen LogP contribution in [0.15, 0.2) is 53.0 Å². The van der Waals surface area contributed by atoms with Gasteiger partial charge < -0.3 is 9.47 Å². The Labute approximate surface area is 133 Å². The highest BCUT2D eigenvalue weighted by Gasteiger charge is 2.05. The Kier molecular flexibility index (Phi) is 5.81. The highest BCUT2D eigenvalue weighted by atomic mass is 79.9. The van der Waals surface area contributed by atoms with E-state index in [1.807, 2.05) is 43.3 Å². The Morgan fingerprint density at radius 1 is 1.00 bits per heavy atom. The van der Waals surface area contributed by atoms with Crippen molar-refractivity contribution in [3.8, 4) is 11.5 Å². The van der Waals surface area contributed by atoms with E-state index < -0.39 is 0 Å². The van der Waals surface area contributed by atoms with Crippen molar-refractivity contribution in [3.05, 3.63) is 58.6 Å². The maximum absolute atomic E-state index is 11.8. The number of benzene rings is 2. The van der Waals surface area contributed by atoms with E-state index in [2.05, 4.69) is 15.9 Å². The van der Waals surface area contributed by atoms with Crippen LogP contribution in [0.1, 0.15) is 18.9 Å². The number of rotatable bonds is 6. The number of hydrogen-bond acceptors (Lipinski definition) is 3. The predicted molar refractivity (Wildman–Crippen MR) is 85.7 cm³/mol. The minimum absolute atomic E-state index is 0.230. The molecule has 0 atom stereocenters. The average Bonchev–Trinajstić information content (AvgIpc) is 2.49. The summed E-state index contributed by atoms with van der Waals surface area (Å²) >= 11 is 3.34. The lowest BCUT2D eigenvalue weighted by atomic mass is 10.1. The summed E-state index contributed by atoms with van der Waals surface area (Å²) in [5, 5.41) is 0. The van der Waals surface area contributed by atoms with Gasteiger partial charge in [0.15, 0.2) is 0 Å². The summed E-state index contributed by atoms with van der Waals surface area (Å²) in [5.41, 5.74) is 1.09. The molecular weight excluding hydrogens is 332 g/mol. The highest BCUT2D eigenvalue weighted by molar-refractivity contribution is 9.10. The monoisotopic (exact) mass is 348 g/mol. The molecule has 2 rings (SSSR count). The molecule has 0 spiro atoms. The van der Waals surface area contributed by atoms with Gasteiger partial charge >= 0.3 is 5.97 Å². The van der Waals surface area contributed by atoms with Gasteiger partial charge in [-0.25, -0.2) is 0 Å². The van der Waals surface area contributed by atoms with Crippen LogP contribution >= 0.6 is 15.9 Å². The Bertz CT molecular complexity index is 576. The lowest BCUT2D eigenvalue weighted by Gasteiger charge is -2.06. The molecule has 0 radical (unpaired) electrons. The first-order valence-electron chi connectivity index (χ1n) is 6.85. The normalized spacial score (nSPS) is 10.2. The third-order valence-corrected chi connectivity index (χ3v) is 3.43. The van der Waals surface area contributed by atoms with Gasteiger partial charge in [-0.2, -0.15) is 0 Å². The summed E-state index contributed by atoms with van der Waals surface area (Å²) in [6, 6.07) is 15.0. The summed E-state index contributed by atoms with van der Waals surface area (Å²) < 4.78 is 11.6. The zero-order chi connectivity index (χ0) is 15.1. The molecule has 2 aromatic rings. The standard InChI is InChI=1S/C17H17BrO3/c1-2-20-15-8-3-13(4-9-15)5-12-17(19)21-16-10-6-14(18)7-11-16/h3-4,6-11H,2,5,12H2,1H3. The fraction of sp³-hybridized carbons (Fsp3) is 0.235. The van der Waals surface area contributed by atoms with Crippen molar-refractivity contribution in [1.29, 1.82) is 0 Å². The summed E-state index contributed by atoms with van der Waals surface area (Å²) in [7, 11) is 0. The summed E-state index contributed by atoms with van der Waals surface area (Å²) in [6.45, 7) is 2.60. The molecule has 2 aromatic carbocycles. The van der Waals surface area contributed by atoms with E-state index in [-0.39, 0.29) is 5.97 Å². The van der Waals surface area contributed by atoms with Crippen molar-refractivity contribution in [2.45, 2.75) is 19.8 Å². The third kappa shape index (κ3) is 5.23. The maximum Gasteiger partial charge on any atom is 0.311 e. The maximum atomic E-state index is 11.8. The van der Waals surface area contributed by atoms with Crippen molar-refractivity contribution in [3.63, 3.8) is 0 Å². The first-order chi connectivity index (χ1) is 10.2. The van der Waals surface area contributed by atoms with Crippen LogP contribution in [0.3, 0.4) is 0 Å². The fourth-order valence-corrected chi connectivity index (χ4v) is 2.11. The van der Waals surface area contributed by atoms with Crippen molar-refractivity contribution in [1.82, 2.24) is 0 Å². The van der Waals surface area contributed by atoms with Gasteiger partial charge in [-0.3, -0.25) is 4.79 Å². The smallest absolute Gasteiger partial charge is 0.311 e. The quantitative estimate of drug-likeness (QED) is 0.573. The van der Waals surface area contributed by atoms with E-state index in [9.17, 15) is 4.79 Å². The second-order valence-corrected chi connectivity index (χ2v) is 5.42. The van der Waals surface area contributed by atoms with Crippen LogP contribution in [0, 0.1) is 0 Å². The summed E-state index contributed by atoms with van der Waals surface area (Å²) in [6.07, 6.45) is 1.01. The van der Waals surface area contributed by atoms with Crippen LogP contribution in [0.5, 0.6) is 11.5 Å². The van der Waals surface area contributed by atoms with Gasteiger partial charge in [-0.1, -0.05) is 28.1 Å². The molecule has 4 heteroatoms. The van der Waals surface area contributed by atoms with Crippen molar-refractivity contribution in [2.24, 2.45) is 0 Å². The number of carbonyl (C=O) groups excluding carboxylic acids is 1. The molecule has 0 bridgehead atoms. The minimum atomic E-state index is -0.230. The molecule has 3 nitrogen and oxygen atoms in total. The molecular formula is C17H17BrO3. The van der Waals surface area contributed by atoms with Gasteiger partial charge in [0, 0.05) is 10.9 Å². The number of ether oxygens (including phenoxy) is 2. The molecule has 0 heterocycles. The Hall–Kier alpha value is -1.81. The number of carbonyl (C=O) groups is 1. The lowest BCUT2D eigenvalue weighted by molar-refractivity contribution is -0.134. The predicted octanol–water partition coefficient (Wildman–Crippen LogP) is 4.39. The van der Waals surface area contributed by atoms with E-state index in [0.717, 1.165) is 15.8 Å². The van der Waals surface area contributed by atoms with Gasteiger partial charge in [0.25, 0.3) is 0 Å². The molecule has 0 saturated carbocycles. The van der Waals surface area contributed by atoms with Crippen molar-refractivity contribution < 1.29 is 14.3 Å². The molecule has 0 unspecified atom stereocenters. The molecule has 0 fully saturated rings. The third-order valence-electron chi connectivity index (χ3n) is 2.90. The van der Waals surface area contributed by atoms with E-state index >= 15 is 0 Å². The van der Waals surface area contributed by atoms with Gasteiger partial charge in [0.2, 0.25) is 0 Å². The number of halogens is 1. The number of hydrogen-bond donors (Lipinski definition) is 0. The van der Waals surface area contributed by atoms with Crippen molar-refractivity contribution >= 4 is 21.9 Å². The van der Waals surface area contributed by atoms with E-state index in [4.69, 9.17) is 9.47 Å². The fourth-order valence-electron chi connectivity index (χ4n) is 1.85. The molecule has 0 N–H and O–H groups in total. The zero-order valence-electron chi connectivity index (χ0n) is 11.8. The molecule has 0 amide bonds. The summed E-state index contributed by atoms with van der Waals surface area (Å²) in [4.78, 5) is 11.8. The topological polar surface area (TPSA) is 35.5 Å². The van der Waals surface area contributed by atoms with Crippen LogP contribution in [-0.2, 0) is 11.2 Å². The van der Waals surface area contributed by atoms with Gasteiger partial charge in [0.1, 0.15) is 11.5 Å². The first kappa shape index (κ1) is 15.6. The Morgan fingerprint density at radius 3 is 2.24 bits per heavy atom. The first-order valence-corrected chi connectivity index (χ1v) is 7.64. The van der Waals surface area contributed by atoms with E-state index in [1.54, 1.807) is 12.1 Å². The zero-order valence-corrected chi connectivity index (χ0v) is 13.4. The molecule has 0 saturated heterocycles. The second kappa shape index (κ2) is 7.84. The number of aryl methyl sites for hydroxylation is 1. The molecule has 0 aliphatic carbocycles. The average molecular weight is 349 g/mol. The minimum Gasteiger partial charge on any atom is -0.494 e. The van der Waals surface area contributed by atoms with Crippen LogP contribution in [-0.4, -0.2) is 12.6 Å². The van der Waals surface area contributed by atoms with Crippen molar-refractivity contribution in [2.75, 3.05) is 6.61 Å². The van der Waals surface area contributed by atoms with Gasteiger partial charge in [-0.15, -0.1) is 0 Å². The van der Waals surface area contributed by atoms with Crippen LogP contribution < -0.4 is 9.47 Å². The molecule has 0 aliphatic rings. The molecule has 0 aliphatic heterocycles. The largest absolute Gasteiger partial charge is 0.494 e. The Balaban J connectivity index is 1.81. The van der Waals surface area contributed by atoms with Gasteiger partial charge in [-0.05, 0) is 55.3 Å². The second-order valence-electron chi connectivity index (χ2n) is 4.50. The highest BCUT2D eigenvalue weighted by Crippen LogP contribution is 2.17. The van der Waals surface area contributed by atoms with Gasteiger partial charge in [0.05, 0.1) is 6.61 Å². The van der Waals surface area contributed by atoms with Crippen LogP contribution in [0.2, 0.25) is 0 Å². The molecule has 110 valence electrons. The SMILES string of the molecule is CCOc1ccc(CCC(=O)Oc2ccc(Br)cc2)cc1. The van der Waals surface area contributed by atoms with E-state index in [1.165, 1.54) is 0 Å². The molecule has 0 aromatic heterocycles.